The van der Waals surface area contributed by atoms with Crippen molar-refractivity contribution in [2.75, 3.05) is 75.0 Å². The van der Waals surface area contributed by atoms with Crippen LogP contribution in [0.3, 0.4) is 0 Å². The second-order valence-electron chi connectivity index (χ2n) is 31.7. The minimum Gasteiger partial charge on any atom is -0.343 e. The van der Waals surface area contributed by atoms with Crippen LogP contribution in [0.25, 0.3) is 0 Å². The SMILES string of the molecule is CC(C)CC[C@@H]1NC(=O)[C@H](CC(C)C)N(C)C(=O)C[C@@H](C(=O)N2CCCCC2)N(C)C(=O)[C@H](C(C)C)N(C)C(=O)C2(CCCC2)NC(=O)[C@@H]2CCCN2C(=O)[C@H](CCC2CCC(C(F)(F)F)C(Cl)C2)NC(=O)CN(C)C(=O)[C@H](CC2CCCCC2)N(C)C(=O)[C@@H]2CCN2C(=O)[C@H](C)N(C)C1=O. The molecule has 7 aliphatic rings. The molecule has 0 aromatic heterocycles. The van der Waals surface area contributed by atoms with Crippen molar-refractivity contribution in [3.8, 4) is 0 Å². The van der Waals surface area contributed by atoms with E-state index in [0.717, 1.165) is 38.5 Å². The molecule has 3 N–H and O–H groups in total. The first-order valence-corrected chi connectivity index (χ1v) is 38.0. The Hall–Kier alpha value is -6.28. The summed E-state index contributed by atoms with van der Waals surface area (Å²) in [6.45, 7) is 13.1. The van der Waals surface area contributed by atoms with Gasteiger partial charge in [-0.05, 0) is 146 Å². The first-order valence-electron chi connectivity index (χ1n) is 37.6. The van der Waals surface area contributed by atoms with E-state index in [1.54, 1.807) is 18.7 Å². The summed E-state index contributed by atoms with van der Waals surface area (Å²) in [5, 5.41) is 7.62. The zero-order valence-corrected chi connectivity index (χ0v) is 63.1. The van der Waals surface area contributed by atoms with Crippen LogP contribution in [0.2, 0.25) is 0 Å². The fourth-order valence-electron chi connectivity index (χ4n) is 16.6. The van der Waals surface area contributed by atoms with E-state index >= 15 is 28.8 Å². The number of nitrogens with one attached hydrogen (secondary N) is 3. The summed E-state index contributed by atoms with van der Waals surface area (Å²) in [4.78, 5) is 192. The Balaban J connectivity index is 1.27. The molecular formula is C73H118ClF3N12O12. The van der Waals surface area contributed by atoms with E-state index < -0.39 is 167 Å². The van der Waals surface area contributed by atoms with Gasteiger partial charge in [-0.1, -0.05) is 86.5 Å². The molecule has 0 aromatic carbocycles. The summed E-state index contributed by atoms with van der Waals surface area (Å²) >= 11 is 6.41. The Morgan fingerprint density at radius 3 is 1.77 bits per heavy atom. The molecular weight excluding hydrogens is 1330 g/mol. The number of nitrogens with zero attached hydrogens (tertiary/aromatic N) is 9. The molecule has 7 fully saturated rings. The summed E-state index contributed by atoms with van der Waals surface area (Å²) in [6, 6.07) is -10.8. The van der Waals surface area contributed by atoms with Crippen molar-refractivity contribution in [3.63, 3.8) is 0 Å². The Kier molecular flexibility index (Phi) is 29.2. The molecule has 12 amide bonds. The van der Waals surface area contributed by atoms with Crippen molar-refractivity contribution < 1.29 is 70.7 Å². The maximum absolute atomic E-state index is 15.5. The van der Waals surface area contributed by atoms with Gasteiger partial charge < -0.3 is 60.0 Å². The van der Waals surface area contributed by atoms with Gasteiger partial charge in [0.25, 0.3) is 0 Å². The van der Waals surface area contributed by atoms with Gasteiger partial charge >= 0.3 is 6.18 Å². The van der Waals surface area contributed by atoms with Gasteiger partial charge in [-0.25, -0.2) is 0 Å². The number of fused-ring (bicyclic) bond motifs is 2. The minimum atomic E-state index is -4.51. The van der Waals surface area contributed by atoms with Gasteiger partial charge in [-0.15, -0.1) is 11.6 Å². The highest BCUT2D eigenvalue weighted by molar-refractivity contribution is 6.21. The molecule has 12 atom stereocenters. The summed E-state index contributed by atoms with van der Waals surface area (Å²) in [5.41, 5.74) is -1.56. The van der Waals surface area contributed by atoms with Crippen molar-refractivity contribution >= 4 is 82.5 Å². The van der Waals surface area contributed by atoms with E-state index in [2.05, 4.69) is 16.0 Å². The van der Waals surface area contributed by atoms with Crippen LogP contribution < -0.4 is 16.0 Å². The fraction of sp³-hybridized carbons (Fsp3) is 0.836. The first kappa shape index (κ1) is 82.0. The summed E-state index contributed by atoms with van der Waals surface area (Å²) in [5.74, 6) is -10.1. The zero-order valence-electron chi connectivity index (χ0n) is 62.4. The number of likely N-dealkylation sites (N-methyl/N-ethyl adjacent to an activating group) is 6. The molecule has 570 valence electrons. The average molecular weight is 1450 g/mol. The Bertz CT molecular complexity index is 2960. The quantitative estimate of drug-likeness (QED) is 0.177. The number of alkyl halides is 4. The van der Waals surface area contributed by atoms with Gasteiger partial charge in [-0.3, -0.25) is 57.5 Å². The number of rotatable bonds is 12. The van der Waals surface area contributed by atoms with Crippen LogP contribution in [0.4, 0.5) is 13.2 Å². The van der Waals surface area contributed by atoms with Crippen molar-refractivity contribution in [2.24, 2.45) is 35.5 Å². The number of amides is 12. The molecule has 0 bridgehead atoms. The number of likely N-dealkylation sites (tertiary alicyclic amines) is 1. The van der Waals surface area contributed by atoms with Gasteiger partial charge in [-0.2, -0.15) is 13.2 Å². The normalized spacial score (nSPS) is 30.5. The van der Waals surface area contributed by atoms with Crippen LogP contribution in [0.5, 0.6) is 0 Å². The molecule has 4 saturated heterocycles. The van der Waals surface area contributed by atoms with E-state index in [-0.39, 0.29) is 114 Å². The number of carbonyl (C=O) groups excluding carboxylic acids is 12. The maximum Gasteiger partial charge on any atom is 0.393 e. The lowest BCUT2D eigenvalue weighted by Crippen LogP contribution is -2.65. The average Bonchev–Trinajstić information content (AvgIpc) is 1.25. The van der Waals surface area contributed by atoms with Crippen LogP contribution in [0.15, 0.2) is 0 Å². The molecule has 1 spiro atoms. The molecule has 0 aromatic rings. The van der Waals surface area contributed by atoms with Crippen LogP contribution in [-0.4, -0.2) is 261 Å². The van der Waals surface area contributed by atoms with Crippen LogP contribution >= 0.6 is 11.6 Å². The molecule has 4 heterocycles. The van der Waals surface area contributed by atoms with Gasteiger partial charge in [0.15, 0.2) is 0 Å². The second kappa shape index (κ2) is 35.9. The Morgan fingerprint density at radius 1 is 0.564 bits per heavy atom. The van der Waals surface area contributed by atoms with Gasteiger partial charge in [0.05, 0.1) is 18.9 Å². The molecule has 28 heteroatoms. The molecule has 4 aliphatic heterocycles. The molecule has 24 nitrogen and oxygen atoms in total. The van der Waals surface area contributed by atoms with E-state index in [1.807, 2.05) is 27.7 Å². The third-order valence-electron chi connectivity index (χ3n) is 23.1. The number of hydrogen-bond acceptors (Lipinski definition) is 12. The van der Waals surface area contributed by atoms with Crippen LogP contribution in [0.1, 0.15) is 209 Å². The molecule has 0 radical (unpaired) electrons. The van der Waals surface area contributed by atoms with Crippen molar-refractivity contribution in [2.45, 2.75) is 280 Å². The van der Waals surface area contributed by atoms with Gasteiger partial charge in [0, 0.05) is 73.8 Å². The Labute approximate surface area is 601 Å². The topological polar surface area (TPSA) is 270 Å². The second-order valence-corrected chi connectivity index (χ2v) is 32.3. The first-order chi connectivity index (χ1) is 47.5. The predicted octanol–water partition coefficient (Wildman–Crippen LogP) is 6.48. The molecule has 3 aliphatic carbocycles. The van der Waals surface area contributed by atoms with Crippen molar-refractivity contribution in [1.29, 1.82) is 0 Å². The van der Waals surface area contributed by atoms with Crippen LogP contribution in [0, 0.1) is 35.5 Å². The summed E-state index contributed by atoms with van der Waals surface area (Å²) in [7, 11) is 8.70. The van der Waals surface area contributed by atoms with Gasteiger partial charge in [0.2, 0.25) is 70.9 Å². The van der Waals surface area contributed by atoms with Crippen LogP contribution in [-0.2, 0) is 57.5 Å². The van der Waals surface area contributed by atoms with E-state index in [9.17, 15) is 41.9 Å². The van der Waals surface area contributed by atoms with E-state index in [1.165, 1.54) is 88.4 Å². The number of hydrogen-bond donors (Lipinski definition) is 3. The highest BCUT2D eigenvalue weighted by Crippen LogP contribution is 2.44. The van der Waals surface area contributed by atoms with E-state index in [4.69, 9.17) is 11.6 Å². The number of halogens is 4. The standard InChI is InChI=1S/C73H118ClF3N12O12/c1-44(2)26-30-52-65(95)82(9)47(7)64(94)89-38-32-55(89)68(98)84(11)57(41-48-23-16-14-17-24-48)67(97)81(8)43-59(90)78-53(31-28-49-27-29-50(51(74)40-49)73(75,76)77)66(96)88-37-22-25-54(88)63(93)80-72(33-18-19-34-72)71(101)86(13)61(46(5)6)70(100)85(12)58(69(99)87-35-20-15-21-36-87)42-60(91)83(10)56(39-45(3)4)62(92)79-52/h44-58,61H,14-43H2,1-13H3,(H,78,90)(H,79,92)(H,80,93)/t47-,49?,50?,51?,52-,53-,54-,55-,56-,57-,58-,61-/m0/s1. The third-order valence-corrected chi connectivity index (χ3v) is 23.6. The smallest absolute Gasteiger partial charge is 0.343 e. The third kappa shape index (κ3) is 20.2. The summed E-state index contributed by atoms with van der Waals surface area (Å²) in [6.07, 6.45) is 4.83. The molecule has 3 unspecified atom stereocenters. The lowest BCUT2D eigenvalue weighted by molar-refractivity contribution is -0.182. The minimum absolute atomic E-state index is 0.00122. The zero-order chi connectivity index (χ0) is 74.7. The summed E-state index contributed by atoms with van der Waals surface area (Å²) < 4.78 is 42.1. The lowest BCUT2D eigenvalue weighted by Gasteiger charge is -2.45. The van der Waals surface area contributed by atoms with Crippen molar-refractivity contribution in [1.82, 2.24) is 60.0 Å². The van der Waals surface area contributed by atoms with Gasteiger partial charge in [0.1, 0.15) is 59.9 Å². The molecule has 3 saturated carbocycles. The van der Waals surface area contributed by atoms with E-state index in [0.29, 0.717) is 51.6 Å². The highest BCUT2D eigenvalue weighted by Gasteiger charge is 2.52. The monoisotopic (exact) mass is 1450 g/mol. The van der Waals surface area contributed by atoms with Crippen molar-refractivity contribution in [3.05, 3.63) is 0 Å². The maximum atomic E-state index is 15.5. The molecule has 7 rings (SSSR count). The number of piperidine rings is 1. The predicted molar refractivity (Wildman–Crippen MR) is 375 cm³/mol. The fourth-order valence-corrected chi connectivity index (χ4v) is 17.1. The molecule has 101 heavy (non-hydrogen) atoms. The lowest BCUT2D eigenvalue weighted by atomic mass is 9.78. The Morgan fingerprint density at radius 2 is 1.19 bits per heavy atom. The largest absolute Gasteiger partial charge is 0.393 e. The highest BCUT2D eigenvalue weighted by atomic mass is 35.5. The number of carbonyl (C=O) groups is 12.